The number of benzene rings is 1. The van der Waals surface area contributed by atoms with Crippen LogP contribution in [-0.4, -0.2) is 47.8 Å². The van der Waals surface area contributed by atoms with Crippen LogP contribution in [-0.2, 0) is 17.7 Å². The molecule has 1 N–H and O–H groups in total. The van der Waals surface area contributed by atoms with Gasteiger partial charge >= 0.3 is 0 Å². The van der Waals surface area contributed by atoms with Crippen LogP contribution >= 0.6 is 0 Å². The zero-order valence-electron chi connectivity index (χ0n) is 14.2. The fourth-order valence-corrected chi connectivity index (χ4v) is 3.06. The van der Waals surface area contributed by atoms with Gasteiger partial charge in [-0.25, -0.2) is 9.37 Å². The fourth-order valence-electron chi connectivity index (χ4n) is 3.06. The maximum Gasteiger partial charge on any atom is 0.250 e. The molecular formula is C18H22FN3O3. The number of methoxy groups -OCH3 is 1. The van der Waals surface area contributed by atoms with E-state index in [9.17, 15) is 9.18 Å². The minimum atomic E-state index is -0.255. The molecule has 3 rings (SSSR count). The van der Waals surface area contributed by atoms with Gasteiger partial charge in [0.2, 0.25) is 0 Å². The van der Waals surface area contributed by atoms with Gasteiger partial charge < -0.3 is 14.5 Å². The summed E-state index contributed by atoms with van der Waals surface area (Å²) in [6.07, 6.45) is 2.88. The van der Waals surface area contributed by atoms with Crippen molar-refractivity contribution in [1.29, 1.82) is 0 Å². The van der Waals surface area contributed by atoms with Crippen LogP contribution in [0.3, 0.4) is 0 Å². The predicted molar refractivity (Wildman–Crippen MR) is 91.1 cm³/mol. The maximum absolute atomic E-state index is 14.1. The molecule has 1 saturated heterocycles. The molecule has 0 saturated carbocycles. The van der Waals surface area contributed by atoms with Gasteiger partial charge in [0.05, 0.1) is 26.1 Å². The normalized spacial score (nSPS) is 18.2. The fraction of sp³-hybridized carbons (Fsp3) is 0.444. The van der Waals surface area contributed by atoms with Gasteiger partial charge in [-0.2, -0.15) is 0 Å². The summed E-state index contributed by atoms with van der Waals surface area (Å²) in [5, 5.41) is 0. The molecule has 1 aliphatic rings. The van der Waals surface area contributed by atoms with Crippen LogP contribution in [0.4, 0.5) is 4.39 Å². The van der Waals surface area contributed by atoms with E-state index in [2.05, 4.69) is 14.9 Å². The van der Waals surface area contributed by atoms with Crippen LogP contribution < -0.4 is 10.3 Å². The number of hydrogen-bond donors (Lipinski definition) is 1. The molecule has 0 spiro atoms. The largest absolute Gasteiger partial charge is 0.496 e. The number of halogens is 1. The predicted octanol–water partition coefficient (Wildman–Crippen LogP) is 1.75. The third-order valence-corrected chi connectivity index (χ3v) is 4.36. The summed E-state index contributed by atoms with van der Waals surface area (Å²) in [6.45, 7) is 2.54. The Morgan fingerprint density at radius 1 is 1.48 bits per heavy atom. The van der Waals surface area contributed by atoms with Gasteiger partial charge in [-0.05, 0) is 25.0 Å². The summed E-state index contributed by atoms with van der Waals surface area (Å²) in [4.78, 5) is 20.1. The number of nitrogens with one attached hydrogen (secondary N) is 1. The van der Waals surface area contributed by atoms with E-state index in [1.165, 1.54) is 18.5 Å². The Kier molecular flexibility index (Phi) is 5.78. The average molecular weight is 347 g/mol. The van der Waals surface area contributed by atoms with Gasteiger partial charge in [0.1, 0.15) is 11.6 Å². The minimum absolute atomic E-state index is 0.0348. The zero-order chi connectivity index (χ0) is 17.6. The molecule has 2 aromatic rings. The first kappa shape index (κ1) is 17.6. The van der Waals surface area contributed by atoms with Crippen molar-refractivity contribution in [1.82, 2.24) is 14.9 Å². The second kappa shape index (κ2) is 8.22. The third-order valence-electron chi connectivity index (χ3n) is 4.36. The lowest BCUT2D eigenvalue weighted by molar-refractivity contribution is -0.0351. The van der Waals surface area contributed by atoms with Crippen LogP contribution in [0.2, 0.25) is 0 Å². The monoisotopic (exact) mass is 347 g/mol. The van der Waals surface area contributed by atoms with Crippen LogP contribution in [0.5, 0.6) is 5.75 Å². The van der Waals surface area contributed by atoms with Crippen molar-refractivity contribution < 1.29 is 13.9 Å². The van der Waals surface area contributed by atoms with E-state index in [0.717, 1.165) is 18.7 Å². The first-order chi connectivity index (χ1) is 12.2. The van der Waals surface area contributed by atoms with Gasteiger partial charge in [-0.15, -0.1) is 0 Å². The van der Waals surface area contributed by atoms with E-state index in [1.54, 1.807) is 19.2 Å². The van der Waals surface area contributed by atoms with Crippen molar-refractivity contribution in [3.8, 4) is 5.75 Å². The third kappa shape index (κ3) is 4.64. The van der Waals surface area contributed by atoms with Gasteiger partial charge in [-0.3, -0.25) is 9.69 Å². The van der Waals surface area contributed by atoms with Crippen molar-refractivity contribution in [3.05, 3.63) is 58.0 Å². The van der Waals surface area contributed by atoms with Gasteiger partial charge in [-0.1, -0.05) is 6.07 Å². The number of hydrogen-bond acceptors (Lipinski definition) is 5. The second-order valence-corrected chi connectivity index (χ2v) is 6.09. The molecule has 0 amide bonds. The highest BCUT2D eigenvalue weighted by Crippen LogP contribution is 2.24. The first-order valence-corrected chi connectivity index (χ1v) is 8.34. The molecule has 7 heteroatoms. The van der Waals surface area contributed by atoms with E-state index in [4.69, 9.17) is 9.47 Å². The van der Waals surface area contributed by atoms with E-state index < -0.39 is 0 Å². The van der Waals surface area contributed by atoms with Crippen LogP contribution in [0.1, 0.15) is 17.7 Å². The van der Waals surface area contributed by atoms with Gasteiger partial charge in [0.25, 0.3) is 5.56 Å². The Bertz CT molecular complexity index is 765. The molecule has 2 heterocycles. The summed E-state index contributed by atoms with van der Waals surface area (Å²) in [5.41, 5.74) is 1.17. The average Bonchev–Trinajstić information content (AvgIpc) is 2.62. The lowest BCUT2D eigenvalue weighted by Crippen LogP contribution is -2.42. The van der Waals surface area contributed by atoms with Crippen molar-refractivity contribution in [2.75, 3.05) is 26.8 Å². The summed E-state index contributed by atoms with van der Waals surface area (Å²) in [7, 11) is 1.55. The molecule has 25 heavy (non-hydrogen) atoms. The van der Waals surface area contributed by atoms with Crippen LogP contribution in [0, 0.1) is 5.82 Å². The number of rotatable bonds is 6. The van der Waals surface area contributed by atoms with E-state index >= 15 is 0 Å². The Labute approximate surface area is 145 Å². The molecular weight excluding hydrogens is 325 g/mol. The molecule has 1 aromatic heterocycles. The minimum Gasteiger partial charge on any atom is -0.496 e. The number of nitrogens with zero attached hydrogens (tertiary/aromatic N) is 2. The Morgan fingerprint density at radius 2 is 2.36 bits per heavy atom. The number of ether oxygens (including phenoxy) is 2. The smallest absolute Gasteiger partial charge is 0.250 e. The number of H-pyrrole nitrogens is 1. The second-order valence-electron chi connectivity index (χ2n) is 6.09. The zero-order valence-corrected chi connectivity index (χ0v) is 14.2. The van der Waals surface area contributed by atoms with Crippen LogP contribution in [0.15, 0.2) is 35.4 Å². The van der Waals surface area contributed by atoms with Crippen molar-refractivity contribution in [2.24, 2.45) is 0 Å². The van der Waals surface area contributed by atoms with Crippen molar-refractivity contribution >= 4 is 0 Å². The van der Waals surface area contributed by atoms with Gasteiger partial charge in [0, 0.05) is 37.0 Å². The molecule has 1 aliphatic heterocycles. The molecule has 1 atom stereocenters. The highest BCUT2D eigenvalue weighted by Gasteiger charge is 2.22. The number of aryl methyl sites for hydroxylation is 1. The number of aromatic nitrogens is 2. The summed E-state index contributed by atoms with van der Waals surface area (Å²) >= 11 is 0. The molecule has 134 valence electrons. The lowest BCUT2D eigenvalue weighted by Gasteiger charge is -2.33. The molecule has 6 nitrogen and oxygen atoms in total. The molecule has 1 fully saturated rings. The van der Waals surface area contributed by atoms with Crippen molar-refractivity contribution in [3.63, 3.8) is 0 Å². The number of aromatic amines is 1. The first-order valence-electron chi connectivity index (χ1n) is 8.34. The Balaban J connectivity index is 1.59. The molecule has 0 aliphatic carbocycles. The summed E-state index contributed by atoms with van der Waals surface area (Å²) < 4.78 is 25.2. The van der Waals surface area contributed by atoms with E-state index in [-0.39, 0.29) is 17.5 Å². The quantitative estimate of drug-likeness (QED) is 0.862. The lowest BCUT2D eigenvalue weighted by atomic mass is 10.1. The van der Waals surface area contributed by atoms with Gasteiger partial charge in [0.15, 0.2) is 0 Å². The Hall–Kier alpha value is -2.25. The van der Waals surface area contributed by atoms with E-state index in [1.807, 2.05) is 0 Å². The van der Waals surface area contributed by atoms with E-state index in [0.29, 0.717) is 37.4 Å². The molecule has 0 radical (unpaired) electrons. The Morgan fingerprint density at radius 3 is 3.16 bits per heavy atom. The topological polar surface area (TPSA) is 67.5 Å². The highest BCUT2D eigenvalue weighted by molar-refractivity contribution is 5.34. The highest BCUT2D eigenvalue weighted by atomic mass is 19.1. The van der Waals surface area contributed by atoms with Crippen LogP contribution in [0.25, 0.3) is 0 Å². The maximum atomic E-state index is 14.1. The summed E-state index contributed by atoms with van der Waals surface area (Å²) in [6, 6.07) is 6.38. The SMILES string of the molecule is COc1cccc(F)c1CN1CCO[C@H](CCc2cc(=O)[nH]cn2)C1. The summed E-state index contributed by atoms with van der Waals surface area (Å²) in [5.74, 6) is 0.311. The molecule has 0 unspecified atom stereocenters. The number of morpholine rings is 1. The standard InChI is InChI=1S/C18H22FN3O3/c1-24-17-4-2-3-16(19)15(17)11-22-7-8-25-14(10-22)6-5-13-9-18(23)21-12-20-13/h2-4,9,12,14H,5-8,10-11H2,1H3,(H,20,21,23)/t14-/m1/s1. The molecule has 1 aromatic carbocycles. The molecule has 0 bridgehead atoms. The van der Waals surface area contributed by atoms with Crippen molar-refractivity contribution in [2.45, 2.75) is 25.5 Å².